The van der Waals surface area contributed by atoms with Crippen LogP contribution in [0, 0.1) is 0 Å². The molecule has 0 bridgehead atoms. The number of hydrogen-bond donors (Lipinski definition) is 2. The van der Waals surface area contributed by atoms with Crippen LogP contribution in [0.5, 0.6) is 0 Å². The summed E-state index contributed by atoms with van der Waals surface area (Å²) in [6.45, 7) is 5.78. The molecule has 0 radical (unpaired) electrons. The van der Waals surface area contributed by atoms with E-state index in [1.54, 1.807) is 24.1 Å². The summed E-state index contributed by atoms with van der Waals surface area (Å²) in [5.74, 6) is 0. The van der Waals surface area contributed by atoms with Crippen LogP contribution in [-0.2, 0) is 42.9 Å². The number of urea groups is 1. The average molecular weight is 525 g/mol. The SMILES string of the molecule is CC(C)N1CCCC(N(c2cnn(C)c2)S(=O)(=O)NC(=O)Nc2c3c(cc4c2CCC4)CCC3)C1.[H-].[Na+]. The summed E-state index contributed by atoms with van der Waals surface area (Å²) in [5, 5.41) is 7.15. The van der Waals surface area contributed by atoms with Crippen LogP contribution in [0.1, 0.15) is 63.2 Å². The number of fused-ring (bicyclic) bond motifs is 2. The van der Waals surface area contributed by atoms with E-state index < -0.39 is 16.2 Å². The number of nitrogens with one attached hydrogen (secondary N) is 2. The van der Waals surface area contributed by atoms with Gasteiger partial charge in [-0.25, -0.2) is 13.8 Å². The summed E-state index contributed by atoms with van der Waals surface area (Å²) in [4.78, 5) is 15.4. The summed E-state index contributed by atoms with van der Waals surface area (Å²) in [6.07, 6.45) is 10.8. The molecule has 192 valence electrons. The van der Waals surface area contributed by atoms with Crippen LogP contribution >= 0.6 is 0 Å². The van der Waals surface area contributed by atoms with Crippen LogP contribution in [0.2, 0.25) is 0 Å². The van der Waals surface area contributed by atoms with E-state index in [2.05, 4.69) is 40.0 Å². The van der Waals surface area contributed by atoms with Crippen molar-refractivity contribution < 1.29 is 44.2 Å². The molecule has 2 aliphatic carbocycles. The van der Waals surface area contributed by atoms with Gasteiger partial charge in [0.15, 0.2) is 0 Å². The zero-order chi connectivity index (χ0) is 24.7. The van der Waals surface area contributed by atoms with Gasteiger partial charge in [-0.3, -0.25) is 9.58 Å². The number of amides is 2. The first-order valence-corrected chi connectivity index (χ1v) is 14.2. The Hall–Kier alpha value is -1.59. The van der Waals surface area contributed by atoms with Gasteiger partial charge in [0.25, 0.3) is 0 Å². The molecule has 1 saturated heterocycles. The van der Waals surface area contributed by atoms with Gasteiger partial charge in [-0.1, -0.05) is 6.07 Å². The second-order valence-corrected chi connectivity index (χ2v) is 11.9. The molecule has 36 heavy (non-hydrogen) atoms. The van der Waals surface area contributed by atoms with Crippen LogP contribution in [0.25, 0.3) is 0 Å². The zero-order valence-corrected chi connectivity index (χ0v) is 24.7. The van der Waals surface area contributed by atoms with Crippen molar-refractivity contribution in [3.8, 4) is 0 Å². The first-order valence-electron chi connectivity index (χ1n) is 12.8. The van der Waals surface area contributed by atoms with Crippen molar-refractivity contribution in [2.45, 2.75) is 77.3 Å². The zero-order valence-electron chi connectivity index (χ0n) is 22.9. The van der Waals surface area contributed by atoms with Crippen LogP contribution in [0.4, 0.5) is 16.2 Å². The van der Waals surface area contributed by atoms with Crippen LogP contribution in [-0.4, -0.2) is 54.3 Å². The standard InChI is InChI=1S/C25H36N6O3S.Na.H/c1-17(2)30-12-6-9-20(16-30)31(21-14-26-29(3)15-21)35(33,34)28-25(32)27-24-22-10-4-7-18(22)13-19-8-5-11-23(19)24;;/h13-15,17,20H,4-12,16H2,1-3H3,(H2,27,28,32);;/q;+1;-1. The van der Waals surface area contributed by atoms with Crippen molar-refractivity contribution in [3.63, 3.8) is 0 Å². The van der Waals surface area contributed by atoms with Gasteiger partial charge in [0.1, 0.15) is 0 Å². The molecule has 2 amide bonds. The average Bonchev–Trinajstić information content (AvgIpc) is 3.54. The molecular formula is C25H37N6NaO3S. The molecule has 0 spiro atoms. The summed E-state index contributed by atoms with van der Waals surface area (Å²) in [5.41, 5.74) is 6.21. The molecule has 1 fully saturated rings. The van der Waals surface area contributed by atoms with Crippen molar-refractivity contribution in [2.24, 2.45) is 7.05 Å². The van der Waals surface area contributed by atoms with Gasteiger partial charge in [0, 0.05) is 31.5 Å². The molecule has 5 rings (SSSR count). The van der Waals surface area contributed by atoms with Gasteiger partial charge in [-0.15, -0.1) is 0 Å². The smallest absolute Gasteiger partial charge is 1.00 e. The number of carbonyl (C=O) groups excluding carboxylic acids is 1. The van der Waals surface area contributed by atoms with Gasteiger partial charge in [0.05, 0.1) is 17.9 Å². The largest absolute Gasteiger partial charge is 1.00 e. The maximum Gasteiger partial charge on any atom is 1.00 e. The molecule has 2 heterocycles. The van der Waals surface area contributed by atoms with Crippen LogP contribution in [0.15, 0.2) is 18.5 Å². The topological polar surface area (TPSA) is 99.6 Å². The molecule has 1 aromatic carbocycles. The normalized spacial score (nSPS) is 19.5. The fraction of sp³-hybridized carbons (Fsp3) is 0.600. The number of piperidine rings is 1. The fourth-order valence-corrected chi connectivity index (χ4v) is 7.30. The monoisotopic (exact) mass is 524 g/mol. The quantitative estimate of drug-likeness (QED) is 0.529. The fourth-order valence-electron chi connectivity index (χ4n) is 5.98. The van der Waals surface area contributed by atoms with Crippen molar-refractivity contribution in [3.05, 3.63) is 40.7 Å². The third kappa shape index (κ3) is 5.48. The molecule has 0 saturated carbocycles. The van der Waals surface area contributed by atoms with Gasteiger partial charge >= 0.3 is 45.8 Å². The molecule has 2 N–H and O–H groups in total. The number of carbonyl (C=O) groups is 1. The maximum absolute atomic E-state index is 13.7. The molecule has 11 heteroatoms. The number of aryl methyl sites for hydroxylation is 3. The third-order valence-electron chi connectivity index (χ3n) is 7.63. The number of benzene rings is 1. The minimum atomic E-state index is -4.17. The summed E-state index contributed by atoms with van der Waals surface area (Å²) in [6, 6.07) is 1.61. The number of likely N-dealkylation sites (tertiary alicyclic amines) is 1. The van der Waals surface area contributed by atoms with E-state index in [4.69, 9.17) is 0 Å². The Morgan fingerprint density at radius 2 is 1.81 bits per heavy atom. The minimum absolute atomic E-state index is 0. The van der Waals surface area contributed by atoms with Crippen LogP contribution < -0.4 is 43.9 Å². The van der Waals surface area contributed by atoms with Gasteiger partial charge in [0.2, 0.25) is 0 Å². The Balaban J connectivity index is 0.00000190. The number of nitrogens with zero attached hydrogens (tertiary/aromatic N) is 4. The molecule has 1 atom stereocenters. The first kappa shape index (κ1) is 27.4. The van der Waals surface area contributed by atoms with E-state index in [9.17, 15) is 13.2 Å². The molecule has 9 nitrogen and oxygen atoms in total. The Labute approximate surface area is 237 Å². The molecule has 3 aliphatic rings. The summed E-state index contributed by atoms with van der Waals surface area (Å²) in [7, 11) is -2.41. The molecule has 2 aromatic rings. The van der Waals surface area contributed by atoms with Crippen molar-refractivity contribution in [1.82, 2.24) is 19.4 Å². The summed E-state index contributed by atoms with van der Waals surface area (Å²) >= 11 is 0. The first-order chi connectivity index (χ1) is 16.7. The predicted molar refractivity (Wildman–Crippen MR) is 138 cm³/mol. The predicted octanol–water partition coefficient (Wildman–Crippen LogP) is 0.260. The van der Waals surface area contributed by atoms with Crippen LogP contribution in [0.3, 0.4) is 0 Å². The Bertz CT molecular complexity index is 1200. The van der Waals surface area contributed by atoms with Gasteiger partial charge in [-0.2, -0.15) is 13.5 Å². The Kier molecular flexibility index (Phi) is 8.41. The minimum Gasteiger partial charge on any atom is -1.00 e. The number of aromatic nitrogens is 2. The van der Waals surface area contributed by atoms with Crippen molar-refractivity contribution >= 4 is 27.6 Å². The Morgan fingerprint density at radius 1 is 1.14 bits per heavy atom. The third-order valence-corrected chi connectivity index (χ3v) is 9.10. The van der Waals surface area contributed by atoms with E-state index in [0.29, 0.717) is 18.3 Å². The van der Waals surface area contributed by atoms with Gasteiger partial charge < -0.3 is 6.74 Å². The van der Waals surface area contributed by atoms with E-state index in [1.807, 2.05) is 0 Å². The Morgan fingerprint density at radius 3 is 2.39 bits per heavy atom. The summed E-state index contributed by atoms with van der Waals surface area (Å²) < 4.78 is 32.6. The number of hydrogen-bond acceptors (Lipinski definition) is 5. The second-order valence-electron chi connectivity index (χ2n) is 10.3. The van der Waals surface area contributed by atoms with Crippen molar-refractivity contribution in [2.75, 3.05) is 22.7 Å². The van der Waals surface area contributed by atoms with Crippen molar-refractivity contribution in [1.29, 1.82) is 0 Å². The van der Waals surface area contributed by atoms with E-state index >= 15 is 0 Å². The molecule has 1 unspecified atom stereocenters. The van der Waals surface area contributed by atoms with E-state index in [0.717, 1.165) is 63.6 Å². The molecular weight excluding hydrogens is 487 g/mol. The molecule has 1 aromatic heterocycles. The van der Waals surface area contributed by atoms with Gasteiger partial charge in [-0.05, 0) is 94.0 Å². The maximum atomic E-state index is 13.7. The second kappa shape index (κ2) is 11.0. The molecule has 1 aliphatic heterocycles. The van der Waals surface area contributed by atoms with E-state index in [-0.39, 0.29) is 37.0 Å². The number of anilines is 2. The number of rotatable bonds is 6. The van der Waals surface area contributed by atoms with E-state index in [1.165, 1.54) is 26.6 Å².